The van der Waals surface area contributed by atoms with E-state index in [9.17, 15) is 13.2 Å². The number of ether oxygens (including phenoxy) is 1. The largest absolute Gasteiger partial charge is 0.383 e. The van der Waals surface area contributed by atoms with E-state index in [4.69, 9.17) is 4.74 Å². The lowest BCUT2D eigenvalue weighted by Crippen LogP contribution is -2.34. The first-order valence-electron chi connectivity index (χ1n) is 7.47. The number of nitrogens with one attached hydrogen (secondary N) is 3. The number of piperidine rings is 1. The van der Waals surface area contributed by atoms with Crippen LogP contribution < -0.4 is 15.4 Å². The fourth-order valence-electron chi connectivity index (χ4n) is 2.27. The predicted molar refractivity (Wildman–Crippen MR) is 81.5 cm³/mol. The van der Waals surface area contributed by atoms with Gasteiger partial charge < -0.3 is 15.4 Å². The van der Waals surface area contributed by atoms with Crippen molar-refractivity contribution in [3.63, 3.8) is 0 Å². The zero-order valence-electron chi connectivity index (χ0n) is 12.7. The maximum Gasteiger partial charge on any atom is 0.221 e. The van der Waals surface area contributed by atoms with Crippen molar-refractivity contribution < 1.29 is 17.9 Å². The van der Waals surface area contributed by atoms with Crippen LogP contribution in [-0.2, 0) is 19.6 Å². The molecule has 124 valence electrons. The van der Waals surface area contributed by atoms with Gasteiger partial charge in [0.15, 0.2) is 0 Å². The second-order valence-electron chi connectivity index (χ2n) is 5.29. The number of hydrogen-bond donors (Lipinski definition) is 3. The van der Waals surface area contributed by atoms with E-state index >= 15 is 0 Å². The number of rotatable bonds is 10. The van der Waals surface area contributed by atoms with Crippen LogP contribution in [0.5, 0.6) is 0 Å². The van der Waals surface area contributed by atoms with Crippen molar-refractivity contribution in [3.05, 3.63) is 0 Å². The van der Waals surface area contributed by atoms with Crippen molar-refractivity contribution in [3.8, 4) is 0 Å². The highest BCUT2D eigenvalue weighted by Crippen LogP contribution is 2.16. The Morgan fingerprint density at radius 3 is 2.67 bits per heavy atom. The van der Waals surface area contributed by atoms with E-state index in [2.05, 4.69) is 15.4 Å². The highest BCUT2D eigenvalue weighted by Gasteiger charge is 2.17. The van der Waals surface area contributed by atoms with Crippen molar-refractivity contribution in [2.24, 2.45) is 5.92 Å². The third kappa shape index (κ3) is 9.02. The first-order valence-corrected chi connectivity index (χ1v) is 9.12. The lowest BCUT2D eigenvalue weighted by atomic mass is 9.96. The van der Waals surface area contributed by atoms with Crippen LogP contribution in [0.1, 0.15) is 25.7 Å². The Bertz CT molecular complexity index is 394. The van der Waals surface area contributed by atoms with E-state index in [1.807, 2.05) is 0 Å². The van der Waals surface area contributed by atoms with Gasteiger partial charge >= 0.3 is 0 Å². The van der Waals surface area contributed by atoms with Gasteiger partial charge in [-0.05, 0) is 38.3 Å². The standard InChI is InChI=1S/C13H27N3O4S/c1-20-10-9-15-13(17)4-8-16-21(18,19)11-5-12-2-6-14-7-3-12/h12,14,16H,2-11H2,1H3,(H,15,17). The van der Waals surface area contributed by atoms with Crippen LogP contribution in [0.25, 0.3) is 0 Å². The molecule has 0 aromatic heterocycles. The van der Waals surface area contributed by atoms with Crippen LogP contribution >= 0.6 is 0 Å². The van der Waals surface area contributed by atoms with Crippen LogP contribution in [0.2, 0.25) is 0 Å². The van der Waals surface area contributed by atoms with Crippen LogP contribution in [0, 0.1) is 5.92 Å². The van der Waals surface area contributed by atoms with E-state index < -0.39 is 10.0 Å². The minimum absolute atomic E-state index is 0.142. The molecule has 0 radical (unpaired) electrons. The maximum absolute atomic E-state index is 11.8. The van der Waals surface area contributed by atoms with Gasteiger partial charge in [0, 0.05) is 26.6 Å². The molecule has 1 amide bonds. The lowest BCUT2D eigenvalue weighted by molar-refractivity contribution is -0.121. The molecule has 0 aromatic rings. The Morgan fingerprint density at radius 1 is 1.29 bits per heavy atom. The van der Waals surface area contributed by atoms with Gasteiger partial charge in [-0.15, -0.1) is 0 Å². The van der Waals surface area contributed by atoms with Gasteiger partial charge in [0.25, 0.3) is 0 Å². The molecule has 0 aromatic carbocycles. The second-order valence-corrected chi connectivity index (χ2v) is 7.21. The molecule has 1 rings (SSSR count). The smallest absolute Gasteiger partial charge is 0.221 e. The number of carbonyl (C=O) groups excluding carboxylic acids is 1. The van der Waals surface area contributed by atoms with Gasteiger partial charge in [-0.2, -0.15) is 0 Å². The molecule has 21 heavy (non-hydrogen) atoms. The summed E-state index contributed by atoms with van der Waals surface area (Å²) < 4.78 is 31.0. The van der Waals surface area contributed by atoms with Gasteiger partial charge in [0.05, 0.1) is 12.4 Å². The highest BCUT2D eigenvalue weighted by molar-refractivity contribution is 7.89. The second kappa shape index (κ2) is 10.1. The van der Waals surface area contributed by atoms with Crippen LogP contribution in [-0.4, -0.2) is 60.0 Å². The molecule has 0 bridgehead atoms. The van der Waals surface area contributed by atoms with Crippen molar-refractivity contribution in [2.45, 2.75) is 25.7 Å². The van der Waals surface area contributed by atoms with Gasteiger partial charge in [-0.25, -0.2) is 13.1 Å². The van der Waals surface area contributed by atoms with Crippen LogP contribution in [0.4, 0.5) is 0 Å². The van der Waals surface area contributed by atoms with Crippen molar-refractivity contribution in [1.29, 1.82) is 0 Å². The summed E-state index contributed by atoms with van der Waals surface area (Å²) in [6.45, 7) is 2.98. The molecule has 1 heterocycles. The molecule has 0 atom stereocenters. The van der Waals surface area contributed by atoms with Crippen molar-refractivity contribution >= 4 is 15.9 Å². The molecule has 1 aliphatic heterocycles. The Morgan fingerprint density at radius 2 is 2.00 bits per heavy atom. The predicted octanol–water partition coefficient (Wildman–Crippen LogP) is -0.552. The fraction of sp³-hybridized carbons (Fsp3) is 0.923. The fourth-order valence-corrected chi connectivity index (χ4v) is 3.47. The molecular weight excluding hydrogens is 294 g/mol. The summed E-state index contributed by atoms with van der Waals surface area (Å²) >= 11 is 0. The Hall–Kier alpha value is -0.700. The van der Waals surface area contributed by atoms with E-state index in [0.29, 0.717) is 25.5 Å². The van der Waals surface area contributed by atoms with Gasteiger partial charge in [-0.3, -0.25) is 4.79 Å². The van der Waals surface area contributed by atoms with Crippen LogP contribution in [0.15, 0.2) is 0 Å². The summed E-state index contributed by atoms with van der Waals surface area (Å²) in [5.74, 6) is 0.455. The Labute approximate surface area is 127 Å². The average molecular weight is 321 g/mol. The van der Waals surface area contributed by atoms with Gasteiger partial charge in [0.1, 0.15) is 0 Å². The molecular formula is C13H27N3O4S. The van der Waals surface area contributed by atoms with E-state index in [1.54, 1.807) is 7.11 Å². The Kier molecular flexibility index (Phi) is 8.82. The van der Waals surface area contributed by atoms with Gasteiger partial charge in [0.2, 0.25) is 15.9 Å². The molecule has 1 aliphatic rings. The number of carbonyl (C=O) groups is 1. The topological polar surface area (TPSA) is 96.5 Å². The molecule has 8 heteroatoms. The number of sulfonamides is 1. The number of amides is 1. The summed E-state index contributed by atoms with van der Waals surface area (Å²) in [7, 11) is -1.72. The normalized spacial score (nSPS) is 16.8. The zero-order valence-corrected chi connectivity index (χ0v) is 13.5. The van der Waals surface area contributed by atoms with Crippen molar-refractivity contribution in [2.75, 3.05) is 45.6 Å². The molecule has 3 N–H and O–H groups in total. The third-order valence-electron chi connectivity index (χ3n) is 3.56. The van der Waals surface area contributed by atoms with E-state index in [0.717, 1.165) is 25.9 Å². The summed E-state index contributed by atoms with van der Waals surface area (Å²) in [6.07, 6.45) is 2.92. The van der Waals surface area contributed by atoms with E-state index in [-0.39, 0.29) is 24.6 Å². The van der Waals surface area contributed by atoms with E-state index in [1.165, 1.54) is 0 Å². The molecule has 0 aliphatic carbocycles. The molecule has 0 spiro atoms. The monoisotopic (exact) mass is 321 g/mol. The minimum Gasteiger partial charge on any atom is -0.383 e. The third-order valence-corrected chi connectivity index (χ3v) is 4.97. The first kappa shape index (κ1) is 18.3. The zero-order chi connectivity index (χ0) is 15.6. The summed E-state index contributed by atoms with van der Waals surface area (Å²) in [4.78, 5) is 11.4. The molecule has 7 nitrogen and oxygen atoms in total. The molecule has 0 saturated carbocycles. The summed E-state index contributed by atoms with van der Waals surface area (Å²) in [6, 6.07) is 0. The number of hydrogen-bond acceptors (Lipinski definition) is 5. The van der Waals surface area contributed by atoms with Crippen LogP contribution in [0.3, 0.4) is 0 Å². The maximum atomic E-state index is 11.8. The first-order chi connectivity index (χ1) is 10.0. The molecule has 1 saturated heterocycles. The SMILES string of the molecule is COCCNC(=O)CCNS(=O)(=O)CCC1CCNCC1. The Balaban J connectivity index is 2.12. The van der Waals surface area contributed by atoms with Crippen molar-refractivity contribution in [1.82, 2.24) is 15.4 Å². The minimum atomic E-state index is -3.28. The number of methoxy groups -OCH3 is 1. The quantitative estimate of drug-likeness (QED) is 0.469. The summed E-state index contributed by atoms with van der Waals surface area (Å²) in [5.41, 5.74) is 0. The highest BCUT2D eigenvalue weighted by atomic mass is 32.2. The average Bonchev–Trinajstić information content (AvgIpc) is 2.46. The molecule has 0 unspecified atom stereocenters. The molecule has 1 fully saturated rings. The summed E-state index contributed by atoms with van der Waals surface area (Å²) in [5, 5.41) is 5.91. The lowest BCUT2D eigenvalue weighted by Gasteiger charge is -2.22. The van der Waals surface area contributed by atoms with Gasteiger partial charge in [-0.1, -0.05) is 0 Å².